The number of hydrogen-bond acceptors (Lipinski definition) is 3. The van der Waals surface area contributed by atoms with Gasteiger partial charge < -0.3 is 15.3 Å². The van der Waals surface area contributed by atoms with Gasteiger partial charge in [-0.05, 0) is 32.0 Å². The van der Waals surface area contributed by atoms with E-state index in [1.165, 1.54) is 12.1 Å². The molecular weight excluding hydrogens is 289 g/mol. The molecule has 0 fully saturated rings. The van der Waals surface area contributed by atoms with Gasteiger partial charge in [-0.1, -0.05) is 0 Å². The first-order chi connectivity index (χ1) is 9.70. The van der Waals surface area contributed by atoms with Crippen LogP contribution in [0.2, 0.25) is 0 Å². The van der Waals surface area contributed by atoms with Crippen molar-refractivity contribution in [1.29, 1.82) is 0 Å². The van der Waals surface area contributed by atoms with Crippen molar-refractivity contribution in [2.45, 2.75) is 20.0 Å². The van der Waals surface area contributed by atoms with Crippen molar-refractivity contribution < 1.29 is 27.9 Å². The number of rotatable bonds is 5. The van der Waals surface area contributed by atoms with Crippen LogP contribution < -0.4 is 10.2 Å². The molecule has 0 aliphatic heterocycles. The van der Waals surface area contributed by atoms with Crippen LogP contribution in [-0.4, -0.2) is 36.2 Å². The summed E-state index contributed by atoms with van der Waals surface area (Å²) in [5, 5.41) is 10.7. The highest BCUT2D eigenvalue weighted by atomic mass is 19.4. The van der Waals surface area contributed by atoms with E-state index in [4.69, 9.17) is 5.11 Å². The Labute approximate surface area is 119 Å². The van der Waals surface area contributed by atoms with Crippen LogP contribution in [0.4, 0.5) is 24.5 Å². The van der Waals surface area contributed by atoms with Crippen LogP contribution in [0.3, 0.4) is 0 Å². The van der Waals surface area contributed by atoms with Crippen LogP contribution in [0, 0.1) is 0 Å². The molecule has 1 aromatic rings. The Morgan fingerprint density at radius 1 is 1.24 bits per heavy atom. The fourth-order valence-electron chi connectivity index (χ4n) is 1.80. The zero-order valence-electron chi connectivity index (χ0n) is 11.5. The van der Waals surface area contributed by atoms with E-state index in [0.717, 1.165) is 6.07 Å². The van der Waals surface area contributed by atoms with E-state index in [9.17, 15) is 22.8 Å². The van der Waals surface area contributed by atoms with Crippen LogP contribution in [-0.2, 0) is 4.79 Å². The largest absolute Gasteiger partial charge is 0.478 e. The molecule has 1 aromatic carbocycles. The Morgan fingerprint density at radius 2 is 1.81 bits per heavy atom. The number of anilines is 2. The SMILES string of the molecule is CCN(CC)c1ccc(NC(=O)C(F)(F)F)c(C(=O)O)c1. The van der Waals surface area contributed by atoms with E-state index in [2.05, 4.69) is 0 Å². The Balaban J connectivity index is 3.17. The average Bonchev–Trinajstić information content (AvgIpc) is 2.40. The number of nitrogens with zero attached hydrogens (tertiary/aromatic N) is 1. The van der Waals surface area contributed by atoms with Crippen LogP contribution in [0.25, 0.3) is 0 Å². The number of aromatic carboxylic acids is 1. The highest BCUT2D eigenvalue weighted by Crippen LogP contribution is 2.25. The molecule has 8 heteroatoms. The topological polar surface area (TPSA) is 69.6 Å². The maximum Gasteiger partial charge on any atom is 0.471 e. The first kappa shape index (κ1) is 16.8. The first-order valence-electron chi connectivity index (χ1n) is 6.21. The lowest BCUT2D eigenvalue weighted by molar-refractivity contribution is -0.167. The molecular formula is C13H15F3N2O3. The molecule has 1 amide bonds. The predicted octanol–water partition coefficient (Wildman–Crippen LogP) is 2.73. The summed E-state index contributed by atoms with van der Waals surface area (Å²) >= 11 is 0. The summed E-state index contributed by atoms with van der Waals surface area (Å²) in [6.07, 6.45) is -5.08. The lowest BCUT2D eigenvalue weighted by Crippen LogP contribution is -2.30. The summed E-state index contributed by atoms with van der Waals surface area (Å²) in [4.78, 5) is 23.9. The number of hydrogen-bond donors (Lipinski definition) is 2. The van der Waals surface area contributed by atoms with Crippen LogP contribution in [0.5, 0.6) is 0 Å². The molecule has 21 heavy (non-hydrogen) atoms. The van der Waals surface area contributed by atoms with Crippen molar-refractivity contribution in [3.05, 3.63) is 23.8 Å². The number of carboxylic acid groups (broad SMARTS) is 1. The van der Waals surface area contributed by atoms with Gasteiger partial charge in [0.2, 0.25) is 0 Å². The fraction of sp³-hybridized carbons (Fsp3) is 0.385. The lowest BCUT2D eigenvalue weighted by Gasteiger charge is -2.22. The van der Waals surface area contributed by atoms with Gasteiger partial charge in [0.25, 0.3) is 0 Å². The van der Waals surface area contributed by atoms with Gasteiger partial charge in [-0.3, -0.25) is 4.79 Å². The van der Waals surface area contributed by atoms with Gasteiger partial charge in [-0.15, -0.1) is 0 Å². The summed E-state index contributed by atoms with van der Waals surface area (Å²) in [7, 11) is 0. The standard InChI is InChI=1S/C13H15F3N2O3/c1-3-18(4-2)8-5-6-10(9(7-8)11(19)20)17-12(21)13(14,15)16/h5-7H,3-4H2,1-2H3,(H,17,21)(H,19,20). The summed E-state index contributed by atoms with van der Waals surface area (Å²) in [6, 6.07) is 3.85. The highest BCUT2D eigenvalue weighted by Gasteiger charge is 2.39. The van der Waals surface area contributed by atoms with Crippen molar-refractivity contribution in [3.8, 4) is 0 Å². The smallest absolute Gasteiger partial charge is 0.471 e. The average molecular weight is 304 g/mol. The Bertz CT molecular complexity index is 540. The maximum atomic E-state index is 12.2. The van der Waals surface area contributed by atoms with Gasteiger partial charge in [0, 0.05) is 18.8 Å². The third-order valence-corrected chi connectivity index (χ3v) is 2.87. The fourth-order valence-corrected chi connectivity index (χ4v) is 1.80. The molecule has 0 aliphatic rings. The molecule has 0 radical (unpaired) electrons. The number of carboxylic acids is 1. The van der Waals surface area contributed by atoms with Gasteiger partial charge in [-0.2, -0.15) is 13.2 Å². The second kappa shape index (κ2) is 6.47. The zero-order valence-corrected chi connectivity index (χ0v) is 11.5. The lowest BCUT2D eigenvalue weighted by atomic mass is 10.1. The third kappa shape index (κ3) is 4.11. The summed E-state index contributed by atoms with van der Waals surface area (Å²) in [5.74, 6) is -3.62. The quantitative estimate of drug-likeness (QED) is 0.877. The minimum Gasteiger partial charge on any atom is -0.478 e. The number of halogens is 3. The number of carbonyl (C=O) groups excluding carboxylic acids is 1. The number of carbonyl (C=O) groups is 2. The Hall–Kier alpha value is -2.25. The minimum atomic E-state index is -5.08. The Morgan fingerprint density at radius 3 is 2.24 bits per heavy atom. The molecule has 116 valence electrons. The Kier molecular flexibility index (Phi) is 5.17. The summed E-state index contributed by atoms with van der Waals surface area (Å²) in [6.45, 7) is 4.96. The van der Waals surface area contributed by atoms with E-state index >= 15 is 0 Å². The first-order valence-corrected chi connectivity index (χ1v) is 6.21. The van der Waals surface area contributed by atoms with Gasteiger partial charge in [0.15, 0.2) is 0 Å². The van der Waals surface area contributed by atoms with E-state index in [0.29, 0.717) is 18.8 Å². The molecule has 0 bridgehead atoms. The molecule has 0 aliphatic carbocycles. The summed E-state index contributed by atoms with van der Waals surface area (Å²) < 4.78 is 36.6. The van der Waals surface area contributed by atoms with E-state index in [1.54, 1.807) is 5.32 Å². The molecule has 0 atom stereocenters. The molecule has 2 N–H and O–H groups in total. The maximum absolute atomic E-state index is 12.2. The van der Waals surface area contributed by atoms with Crippen molar-refractivity contribution in [1.82, 2.24) is 0 Å². The molecule has 5 nitrogen and oxygen atoms in total. The number of nitrogens with one attached hydrogen (secondary N) is 1. The molecule has 0 unspecified atom stereocenters. The second-order valence-electron chi connectivity index (χ2n) is 4.16. The van der Waals surface area contributed by atoms with Gasteiger partial charge in [0.05, 0.1) is 11.3 Å². The molecule has 1 rings (SSSR count). The van der Waals surface area contributed by atoms with E-state index in [1.807, 2.05) is 18.7 Å². The third-order valence-electron chi connectivity index (χ3n) is 2.87. The zero-order chi connectivity index (χ0) is 16.2. The molecule has 0 saturated carbocycles. The van der Waals surface area contributed by atoms with Crippen LogP contribution in [0.15, 0.2) is 18.2 Å². The van der Waals surface area contributed by atoms with Gasteiger partial charge in [-0.25, -0.2) is 4.79 Å². The van der Waals surface area contributed by atoms with Crippen LogP contribution >= 0.6 is 0 Å². The second-order valence-corrected chi connectivity index (χ2v) is 4.16. The number of amides is 1. The van der Waals surface area contributed by atoms with Crippen molar-refractivity contribution in [3.63, 3.8) is 0 Å². The molecule has 0 saturated heterocycles. The van der Waals surface area contributed by atoms with Crippen molar-refractivity contribution in [2.24, 2.45) is 0 Å². The summed E-state index contributed by atoms with van der Waals surface area (Å²) in [5.41, 5.74) is -0.222. The van der Waals surface area contributed by atoms with Gasteiger partial charge >= 0.3 is 18.1 Å². The monoisotopic (exact) mass is 304 g/mol. The molecule has 0 spiro atoms. The predicted molar refractivity (Wildman–Crippen MR) is 71.6 cm³/mol. The minimum absolute atomic E-state index is 0.388. The van der Waals surface area contributed by atoms with E-state index in [-0.39, 0.29) is 5.69 Å². The van der Waals surface area contributed by atoms with Crippen molar-refractivity contribution >= 4 is 23.3 Å². The van der Waals surface area contributed by atoms with Gasteiger partial charge in [0.1, 0.15) is 0 Å². The molecule has 0 heterocycles. The number of alkyl halides is 3. The van der Waals surface area contributed by atoms with E-state index < -0.39 is 23.6 Å². The number of benzene rings is 1. The van der Waals surface area contributed by atoms with Crippen molar-refractivity contribution in [2.75, 3.05) is 23.3 Å². The van der Waals surface area contributed by atoms with Crippen LogP contribution in [0.1, 0.15) is 24.2 Å². The highest BCUT2D eigenvalue weighted by molar-refractivity contribution is 6.02. The normalized spacial score (nSPS) is 11.1. The molecule has 0 aromatic heterocycles.